The lowest BCUT2D eigenvalue weighted by Crippen LogP contribution is -2.44. The van der Waals surface area contributed by atoms with Crippen molar-refractivity contribution in [3.63, 3.8) is 0 Å². The van der Waals surface area contributed by atoms with Crippen LogP contribution in [0.2, 0.25) is 25.7 Å². The standard InChI is InChI=1S/C44H50N2O9Si/c1-8-27-53-43(51)45-36(41(49)52-28-29-56(5,6)7)30-31-23-25-34(26-24-31)46(39(47)42(50)55-44(2,3)4)37-22-16-15-21-35(37)40(48)54-38(32-17-11-9-12-18-32)33-19-13-10-14-20-33/h8-26,36,38H,1,27-30H2,2-7H3,(H,45,51)/t36-/m0/s1. The van der Waals surface area contributed by atoms with Gasteiger partial charge in [0.15, 0.2) is 6.10 Å². The molecule has 0 heterocycles. The molecule has 0 aliphatic heterocycles. The molecule has 56 heavy (non-hydrogen) atoms. The Kier molecular flexibility index (Phi) is 14.9. The number of carbonyl (C=O) groups excluding carboxylic acids is 5. The van der Waals surface area contributed by atoms with Gasteiger partial charge in [0.1, 0.15) is 18.2 Å². The van der Waals surface area contributed by atoms with E-state index < -0.39 is 55.7 Å². The molecule has 0 aromatic heterocycles. The molecule has 0 spiro atoms. The van der Waals surface area contributed by atoms with Crippen molar-refractivity contribution in [1.29, 1.82) is 0 Å². The molecule has 4 aromatic rings. The maximum atomic E-state index is 14.1. The zero-order chi connectivity index (χ0) is 40.9. The van der Waals surface area contributed by atoms with Crippen molar-refractivity contribution in [2.75, 3.05) is 18.1 Å². The second-order valence-electron chi connectivity index (χ2n) is 15.2. The Bertz CT molecular complexity index is 1930. The Morgan fingerprint density at radius 3 is 1.91 bits per heavy atom. The lowest BCUT2D eigenvalue weighted by molar-refractivity contribution is -0.162. The molecule has 0 saturated heterocycles. The van der Waals surface area contributed by atoms with E-state index in [1.54, 1.807) is 57.2 Å². The van der Waals surface area contributed by atoms with E-state index in [9.17, 15) is 24.0 Å². The van der Waals surface area contributed by atoms with E-state index in [1.807, 2.05) is 60.7 Å². The third-order valence-electron chi connectivity index (χ3n) is 8.21. The molecule has 1 N–H and O–H groups in total. The fraction of sp³-hybridized carbons (Fsp3) is 0.295. The van der Waals surface area contributed by atoms with E-state index in [4.69, 9.17) is 18.9 Å². The van der Waals surface area contributed by atoms with Crippen molar-refractivity contribution in [2.45, 2.75) is 70.6 Å². The number of carbonyl (C=O) groups is 5. The van der Waals surface area contributed by atoms with Gasteiger partial charge in [0.25, 0.3) is 0 Å². The molecular weight excluding hydrogens is 729 g/mol. The Hall–Kier alpha value is -6.01. The van der Waals surface area contributed by atoms with Crippen molar-refractivity contribution in [1.82, 2.24) is 5.32 Å². The lowest BCUT2D eigenvalue weighted by Gasteiger charge is -2.27. The fourth-order valence-corrected chi connectivity index (χ4v) is 6.18. The minimum absolute atomic E-state index is 0.0220. The van der Waals surface area contributed by atoms with E-state index in [0.29, 0.717) is 5.56 Å². The monoisotopic (exact) mass is 778 g/mol. The average molecular weight is 779 g/mol. The van der Waals surface area contributed by atoms with Crippen molar-refractivity contribution in [3.8, 4) is 0 Å². The van der Waals surface area contributed by atoms with Crippen LogP contribution in [0.25, 0.3) is 0 Å². The molecule has 2 amide bonds. The van der Waals surface area contributed by atoms with E-state index in [1.165, 1.54) is 18.2 Å². The van der Waals surface area contributed by atoms with Crippen molar-refractivity contribution < 1.29 is 42.9 Å². The van der Waals surface area contributed by atoms with Crippen molar-refractivity contribution in [3.05, 3.63) is 144 Å². The number of nitrogens with zero attached hydrogens (tertiary/aromatic N) is 1. The quantitative estimate of drug-likeness (QED) is 0.0415. The fourth-order valence-electron chi connectivity index (χ4n) is 5.46. The first kappa shape index (κ1) is 42.7. The number of rotatable bonds is 15. The zero-order valence-corrected chi connectivity index (χ0v) is 33.8. The highest BCUT2D eigenvalue weighted by molar-refractivity contribution is 6.76. The molecule has 0 bridgehead atoms. The number of amides is 2. The summed E-state index contributed by atoms with van der Waals surface area (Å²) < 4.78 is 22.2. The number of para-hydroxylation sites is 1. The molecule has 11 nitrogen and oxygen atoms in total. The number of hydrogen-bond acceptors (Lipinski definition) is 9. The SMILES string of the molecule is C=CCOC(=O)N[C@@H](Cc1ccc(N(C(=O)C(=O)OC(C)(C)C)c2ccccc2C(=O)OC(c2ccccc2)c2ccccc2)cc1)C(=O)OCC[Si](C)(C)C. The van der Waals surface area contributed by atoms with Crippen LogP contribution in [0.1, 0.15) is 53.9 Å². The van der Waals surface area contributed by atoms with Crippen LogP contribution in [-0.2, 0) is 39.8 Å². The molecule has 0 aliphatic carbocycles. The Balaban J connectivity index is 1.70. The highest BCUT2D eigenvalue weighted by atomic mass is 28.3. The van der Waals surface area contributed by atoms with Gasteiger partial charge in [-0.25, -0.2) is 19.2 Å². The van der Waals surface area contributed by atoms with Gasteiger partial charge in [-0.05, 0) is 67.8 Å². The van der Waals surface area contributed by atoms with Crippen molar-refractivity contribution in [2.24, 2.45) is 0 Å². The second kappa shape index (κ2) is 19.5. The van der Waals surface area contributed by atoms with Crippen LogP contribution in [0.4, 0.5) is 16.2 Å². The average Bonchev–Trinajstić information content (AvgIpc) is 3.16. The van der Waals surface area contributed by atoms with E-state index in [-0.39, 0.29) is 36.6 Å². The van der Waals surface area contributed by atoms with Gasteiger partial charge in [-0.1, -0.05) is 117 Å². The number of ether oxygens (including phenoxy) is 4. The van der Waals surface area contributed by atoms with Gasteiger partial charge >= 0.3 is 29.9 Å². The highest BCUT2D eigenvalue weighted by Crippen LogP contribution is 2.33. The third kappa shape index (κ3) is 12.8. The molecular formula is C44H50N2O9Si. The number of benzene rings is 4. The highest BCUT2D eigenvalue weighted by Gasteiger charge is 2.33. The lowest BCUT2D eigenvalue weighted by atomic mass is 10.0. The topological polar surface area (TPSA) is 138 Å². The maximum Gasteiger partial charge on any atom is 0.408 e. The van der Waals surface area contributed by atoms with E-state index >= 15 is 0 Å². The van der Waals surface area contributed by atoms with Gasteiger partial charge in [-0.2, -0.15) is 0 Å². The van der Waals surface area contributed by atoms with Crippen LogP contribution in [0, 0.1) is 0 Å². The predicted molar refractivity (Wildman–Crippen MR) is 217 cm³/mol. The van der Waals surface area contributed by atoms with Gasteiger partial charge in [0.05, 0.1) is 17.9 Å². The Labute approximate surface area is 329 Å². The van der Waals surface area contributed by atoms with Gasteiger partial charge < -0.3 is 24.3 Å². The summed E-state index contributed by atoms with van der Waals surface area (Å²) in [5, 5.41) is 2.58. The summed E-state index contributed by atoms with van der Waals surface area (Å²) in [6.07, 6.45) is -0.149. The number of hydrogen-bond donors (Lipinski definition) is 1. The smallest absolute Gasteiger partial charge is 0.408 e. The second-order valence-corrected chi connectivity index (χ2v) is 20.8. The minimum Gasteiger partial charge on any atom is -0.464 e. The maximum absolute atomic E-state index is 14.1. The molecule has 294 valence electrons. The third-order valence-corrected chi connectivity index (χ3v) is 9.91. The summed E-state index contributed by atoms with van der Waals surface area (Å²) in [5.74, 6) is -3.55. The number of anilines is 2. The predicted octanol–water partition coefficient (Wildman–Crippen LogP) is 8.34. The summed E-state index contributed by atoms with van der Waals surface area (Å²) >= 11 is 0. The molecule has 0 aliphatic rings. The minimum atomic E-state index is -1.50. The summed E-state index contributed by atoms with van der Waals surface area (Å²) in [6, 6.07) is 31.0. The molecule has 0 radical (unpaired) electrons. The van der Waals surface area contributed by atoms with E-state index in [0.717, 1.165) is 22.1 Å². The molecule has 0 saturated carbocycles. The van der Waals surface area contributed by atoms with Gasteiger partial charge in [-0.15, -0.1) is 0 Å². The normalized spacial score (nSPS) is 11.8. The van der Waals surface area contributed by atoms with Crippen LogP contribution in [-0.4, -0.2) is 62.8 Å². The number of alkyl carbamates (subject to hydrolysis) is 1. The number of nitrogens with one attached hydrogen (secondary N) is 1. The van der Waals surface area contributed by atoms with Crippen LogP contribution >= 0.6 is 0 Å². The first-order valence-electron chi connectivity index (χ1n) is 18.3. The zero-order valence-electron chi connectivity index (χ0n) is 32.8. The summed E-state index contributed by atoms with van der Waals surface area (Å²) in [5.41, 5.74) is 1.41. The summed E-state index contributed by atoms with van der Waals surface area (Å²) in [6.45, 7) is 15.1. The molecule has 0 unspecified atom stereocenters. The Morgan fingerprint density at radius 2 is 1.36 bits per heavy atom. The van der Waals surface area contributed by atoms with Gasteiger partial charge in [0.2, 0.25) is 0 Å². The van der Waals surface area contributed by atoms with Gasteiger partial charge in [-0.3, -0.25) is 9.69 Å². The molecule has 12 heteroatoms. The first-order chi connectivity index (χ1) is 26.6. The molecule has 0 fully saturated rings. The van der Waals surface area contributed by atoms with Gasteiger partial charge in [0, 0.05) is 20.2 Å². The van der Waals surface area contributed by atoms with E-state index in [2.05, 4.69) is 31.5 Å². The Morgan fingerprint density at radius 1 is 0.786 bits per heavy atom. The summed E-state index contributed by atoms with van der Waals surface area (Å²) in [7, 11) is -1.50. The largest absolute Gasteiger partial charge is 0.464 e. The summed E-state index contributed by atoms with van der Waals surface area (Å²) in [4.78, 5) is 68.3. The first-order valence-corrected chi connectivity index (χ1v) is 22.0. The van der Waals surface area contributed by atoms with Crippen LogP contribution in [0.3, 0.4) is 0 Å². The van der Waals surface area contributed by atoms with Crippen LogP contribution in [0.15, 0.2) is 122 Å². The molecule has 1 atom stereocenters. The molecule has 4 rings (SSSR count). The van der Waals surface area contributed by atoms with Crippen LogP contribution in [0.5, 0.6) is 0 Å². The molecule has 4 aromatic carbocycles. The number of esters is 3. The van der Waals surface area contributed by atoms with Crippen molar-refractivity contribution >= 4 is 49.4 Å². The van der Waals surface area contributed by atoms with Crippen LogP contribution < -0.4 is 10.2 Å².